The second-order valence-corrected chi connectivity index (χ2v) is 8.61. The number of rotatable bonds is 6. The zero-order valence-corrected chi connectivity index (χ0v) is 17.7. The van der Waals surface area contributed by atoms with Crippen LogP contribution in [0.1, 0.15) is 22.3 Å². The van der Waals surface area contributed by atoms with Gasteiger partial charge in [0, 0.05) is 23.5 Å². The third-order valence-electron chi connectivity index (χ3n) is 5.81. The average molecular weight is 421 g/mol. The van der Waals surface area contributed by atoms with Crippen LogP contribution in [0.15, 0.2) is 66.0 Å². The van der Waals surface area contributed by atoms with Crippen molar-refractivity contribution in [1.29, 1.82) is 0 Å². The first-order valence-corrected chi connectivity index (χ1v) is 10.8. The second kappa shape index (κ2) is 8.32. The summed E-state index contributed by atoms with van der Waals surface area (Å²) < 4.78 is 5.23. The van der Waals surface area contributed by atoms with Gasteiger partial charge in [0.15, 0.2) is 0 Å². The Balaban J connectivity index is 1.60. The van der Waals surface area contributed by atoms with Crippen molar-refractivity contribution in [3.05, 3.63) is 77.2 Å². The molecule has 4 rings (SSSR count). The molecule has 1 aromatic heterocycles. The van der Waals surface area contributed by atoms with E-state index in [0.29, 0.717) is 37.2 Å². The minimum Gasteiger partial charge on any atom is -0.497 e. The zero-order chi connectivity index (χ0) is 21.1. The zero-order valence-electron chi connectivity index (χ0n) is 16.8. The summed E-state index contributed by atoms with van der Waals surface area (Å²) >= 11 is 1.67. The SMILES string of the molecule is COc1cccc(C(=O)N2CC[C@@](Cc3ccccc3-c3cccs3)(C(N)=O)C2)c1. The smallest absolute Gasteiger partial charge is 0.254 e. The Morgan fingerprint density at radius 3 is 2.70 bits per heavy atom. The average Bonchev–Trinajstić information content (AvgIpc) is 3.45. The molecule has 3 aromatic rings. The molecule has 0 unspecified atom stereocenters. The lowest BCUT2D eigenvalue weighted by atomic mass is 9.79. The first kappa shape index (κ1) is 20.2. The molecule has 1 aliphatic heterocycles. The molecule has 2 heterocycles. The van der Waals surface area contributed by atoms with Gasteiger partial charge < -0.3 is 15.4 Å². The van der Waals surface area contributed by atoms with Crippen molar-refractivity contribution >= 4 is 23.2 Å². The Morgan fingerprint density at radius 1 is 1.13 bits per heavy atom. The third-order valence-corrected chi connectivity index (χ3v) is 6.72. The molecule has 6 heteroatoms. The summed E-state index contributed by atoms with van der Waals surface area (Å²) in [4.78, 5) is 28.5. The molecular weight excluding hydrogens is 396 g/mol. The van der Waals surface area contributed by atoms with E-state index in [1.165, 1.54) is 0 Å². The van der Waals surface area contributed by atoms with Gasteiger partial charge in [-0.3, -0.25) is 9.59 Å². The summed E-state index contributed by atoms with van der Waals surface area (Å²) in [5, 5.41) is 2.04. The van der Waals surface area contributed by atoms with E-state index in [-0.39, 0.29) is 11.8 Å². The van der Waals surface area contributed by atoms with E-state index in [4.69, 9.17) is 10.5 Å². The number of carbonyl (C=O) groups is 2. The third kappa shape index (κ3) is 3.83. The molecule has 5 nitrogen and oxygen atoms in total. The van der Waals surface area contributed by atoms with Crippen molar-refractivity contribution in [2.45, 2.75) is 12.8 Å². The number of likely N-dealkylation sites (tertiary alicyclic amines) is 1. The van der Waals surface area contributed by atoms with Crippen LogP contribution in [-0.2, 0) is 11.2 Å². The fraction of sp³-hybridized carbons (Fsp3) is 0.250. The maximum atomic E-state index is 13.1. The fourth-order valence-electron chi connectivity index (χ4n) is 4.13. The number of nitrogens with zero attached hydrogens (tertiary/aromatic N) is 1. The van der Waals surface area contributed by atoms with Crippen LogP contribution in [0.2, 0.25) is 0 Å². The molecule has 0 saturated carbocycles. The molecule has 1 saturated heterocycles. The maximum absolute atomic E-state index is 13.1. The number of primary amides is 1. The van der Waals surface area contributed by atoms with Gasteiger partial charge in [-0.25, -0.2) is 0 Å². The first-order valence-electron chi connectivity index (χ1n) is 9.87. The lowest BCUT2D eigenvalue weighted by Crippen LogP contribution is -2.42. The monoisotopic (exact) mass is 420 g/mol. The van der Waals surface area contributed by atoms with Gasteiger partial charge in [0.2, 0.25) is 5.91 Å². The minimum atomic E-state index is -0.776. The van der Waals surface area contributed by atoms with E-state index in [2.05, 4.69) is 12.1 Å². The highest BCUT2D eigenvalue weighted by Gasteiger charge is 2.45. The molecule has 2 aromatic carbocycles. The maximum Gasteiger partial charge on any atom is 0.254 e. The Kier molecular flexibility index (Phi) is 5.59. The summed E-state index contributed by atoms with van der Waals surface area (Å²) in [7, 11) is 1.57. The van der Waals surface area contributed by atoms with Crippen LogP contribution in [0.3, 0.4) is 0 Å². The topological polar surface area (TPSA) is 72.6 Å². The highest BCUT2D eigenvalue weighted by atomic mass is 32.1. The van der Waals surface area contributed by atoms with E-state index in [0.717, 1.165) is 16.0 Å². The van der Waals surface area contributed by atoms with Crippen LogP contribution in [0.5, 0.6) is 5.75 Å². The second-order valence-electron chi connectivity index (χ2n) is 7.66. The van der Waals surface area contributed by atoms with Crippen molar-refractivity contribution in [2.75, 3.05) is 20.2 Å². The number of benzene rings is 2. The highest BCUT2D eigenvalue weighted by molar-refractivity contribution is 7.13. The largest absolute Gasteiger partial charge is 0.497 e. The van der Waals surface area contributed by atoms with Crippen molar-refractivity contribution in [1.82, 2.24) is 4.90 Å². The summed E-state index contributed by atoms with van der Waals surface area (Å²) in [5.74, 6) is 0.166. The number of ether oxygens (including phenoxy) is 1. The number of amides is 2. The number of nitrogens with two attached hydrogens (primary N) is 1. The highest BCUT2D eigenvalue weighted by Crippen LogP contribution is 2.38. The molecular formula is C24H24N2O3S. The first-order chi connectivity index (χ1) is 14.5. The van der Waals surface area contributed by atoms with E-state index in [9.17, 15) is 9.59 Å². The molecule has 30 heavy (non-hydrogen) atoms. The molecule has 0 aliphatic carbocycles. The predicted octanol–water partition coefficient (Wildman–Crippen LogP) is 3.98. The molecule has 0 bridgehead atoms. The van der Waals surface area contributed by atoms with Gasteiger partial charge in [-0.15, -0.1) is 11.3 Å². The Hall–Kier alpha value is -3.12. The van der Waals surface area contributed by atoms with E-state index >= 15 is 0 Å². The normalized spacial score (nSPS) is 18.4. The molecule has 154 valence electrons. The van der Waals surface area contributed by atoms with Crippen molar-refractivity contribution in [2.24, 2.45) is 11.1 Å². The molecule has 0 radical (unpaired) electrons. The van der Waals surface area contributed by atoms with Gasteiger partial charge in [0.1, 0.15) is 5.75 Å². The number of carbonyl (C=O) groups excluding carboxylic acids is 2. The Morgan fingerprint density at radius 2 is 1.97 bits per heavy atom. The van der Waals surface area contributed by atoms with E-state index in [1.807, 2.05) is 29.6 Å². The van der Waals surface area contributed by atoms with Crippen LogP contribution in [0.25, 0.3) is 10.4 Å². The van der Waals surface area contributed by atoms with Crippen molar-refractivity contribution < 1.29 is 14.3 Å². The molecule has 2 amide bonds. The molecule has 1 atom stereocenters. The standard InChI is InChI=1S/C24H24N2O3S/c1-29-19-8-4-7-17(14-19)22(27)26-12-11-24(16-26,23(25)28)15-18-6-2-3-9-20(18)21-10-5-13-30-21/h2-10,13-14H,11-12,15-16H2,1H3,(H2,25,28)/t24-/m0/s1. The fourth-order valence-corrected chi connectivity index (χ4v) is 4.92. The molecule has 2 N–H and O–H groups in total. The van der Waals surface area contributed by atoms with Gasteiger partial charge in [-0.05, 0) is 53.6 Å². The van der Waals surface area contributed by atoms with Gasteiger partial charge in [-0.1, -0.05) is 36.4 Å². The van der Waals surface area contributed by atoms with E-state index in [1.54, 1.807) is 47.6 Å². The van der Waals surface area contributed by atoms with Gasteiger partial charge >= 0.3 is 0 Å². The van der Waals surface area contributed by atoms with Crippen molar-refractivity contribution in [3.8, 4) is 16.2 Å². The summed E-state index contributed by atoms with van der Waals surface area (Å²) in [6.07, 6.45) is 1.06. The molecule has 1 aliphatic rings. The summed E-state index contributed by atoms with van der Waals surface area (Å²) in [5.41, 5.74) is 7.87. The van der Waals surface area contributed by atoms with E-state index < -0.39 is 5.41 Å². The molecule has 1 fully saturated rings. The van der Waals surface area contributed by atoms with Gasteiger partial charge in [-0.2, -0.15) is 0 Å². The Labute approximate surface area is 180 Å². The molecule has 0 spiro atoms. The lowest BCUT2D eigenvalue weighted by molar-refractivity contribution is -0.126. The number of hydrogen-bond donors (Lipinski definition) is 1. The van der Waals surface area contributed by atoms with Crippen LogP contribution in [-0.4, -0.2) is 36.9 Å². The predicted molar refractivity (Wildman–Crippen MR) is 119 cm³/mol. The van der Waals surface area contributed by atoms with Gasteiger partial charge in [0.25, 0.3) is 5.91 Å². The van der Waals surface area contributed by atoms with Crippen LogP contribution >= 0.6 is 11.3 Å². The number of methoxy groups -OCH3 is 1. The summed E-state index contributed by atoms with van der Waals surface area (Å²) in [6.45, 7) is 0.817. The number of thiophene rings is 1. The van der Waals surface area contributed by atoms with Gasteiger partial charge in [0.05, 0.1) is 12.5 Å². The van der Waals surface area contributed by atoms with Crippen LogP contribution in [0, 0.1) is 5.41 Å². The Bertz CT molecular complexity index is 1060. The quantitative estimate of drug-likeness (QED) is 0.655. The minimum absolute atomic E-state index is 0.108. The van der Waals surface area contributed by atoms with Crippen LogP contribution < -0.4 is 10.5 Å². The summed E-state index contributed by atoms with van der Waals surface area (Å²) in [6, 6.07) is 19.3. The van der Waals surface area contributed by atoms with Crippen molar-refractivity contribution in [3.63, 3.8) is 0 Å². The lowest BCUT2D eigenvalue weighted by Gasteiger charge is -2.27. The van der Waals surface area contributed by atoms with Crippen LogP contribution in [0.4, 0.5) is 0 Å². The number of hydrogen-bond acceptors (Lipinski definition) is 4.